The first-order valence-electron chi connectivity index (χ1n) is 5.38. The molecule has 0 bridgehead atoms. The van der Waals surface area contributed by atoms with Gasteiger partial charge in [0.05, 0.1) is 6.61 Å². The van der Waals surface area contributed by atoms with E-state index in [1.165, 1.54) is 12.1 Å². The number of nitrogens with one attached hydrogen (secondary N) is 1. The molecule has 0 fully saturated rings. The van der Waals surface area contributed by atoms with Crippen LogP contribution in [0.4, 0.5) is 4.39 Å². The number of halogens is 1. The molecule has 0 aliphatic carbocycles. The molecule has 1 N–H and O–H groups in total. The van der Waals surface area contributed by atoms with Crippen molar-refractivity contribution in [2.75, 3.05) is 26.9 Å². The zero-order valence-electron chi connectivity index (χ0n) is 9.75. The van der Waals surface area contributed by atoms with E-state index in [0.29, 0.717) is 25.5 Å². The first kappa shape index (κ1) is 12.9. The number of rotatable bonds is 7. The predicted molar refractivity (Wildman–Crippen MR) is 61.2 cm³/mol. The zero-order chi connectivity index (χ0) is 11.8. The first-order valence-corrected chi connectivity index (χ1v) is 5.38. The van der Waals surface area contributed by atoms with Crippen LogP contribution in [-0.4, -0.2) is 26.9 Å². The molecule has 4 heteroatoms. The molecule has 0 aliphatic rings. The maximum absolute atomic E-state index is 13.2. The molecule has 0 atom stereocenters. The molecule has 16 heavy (non-hydrogen) atoms. The number of hydrogen-bond acceptors (Lipinski definition) is 3. The quantitative estimate of drug-likeness (QED) is 0.722. The maximum Gasteiger partial charge on any atom is 0.127 e. The third kappa shape index (κ3) is 4.59. The summed E-state index contributed by atoms with van der Waals surface area (Å²) in [5.74, 6) is 0.271. The smallest absolute Gasteiger partial charge is 0.127 e. The van der Waals surface area contributed by atoms with Crippen LogP contribution in [0.25, 0.3) is 0 Å². The van der Waals surface area contributed by atoms with Crippen LogP contribution in [0.3, 0.4) is 0 Å². The molecule has 0 saturated heterocycles. The van der Waals surface area contributed by atoms with Gasteiger partial charge in [0, 0.05) is 19.7 Å². The summed E-state index contributed by atoms with van der Waals surface area (Å²) in [6, 6.07) is 4.72. The Bertz CT molecular complexity index is 318. The third-order valence-corrected chi connectivity index (χ3v) is 2.07. The van der Waals surface area contributed by atoms with Gasteiger partial charge in [-0.3, -0.25) is 0 Å². The van der Waals surface area contributed by atoms with Gasteiger partial charge in [0.15, 0.2) is 0 Å². The maximum atomic E-state index is 13.2. The van der Waals surface area contributed by atoms with Crippen molar-refractivity contribution in [1.82, 2.24) is 5.32 Å². The molecular weight excluding hydrogens is 209 g/mol. The summed E-state index contributed by atoms with van der Waals surface area (Å²) in [4.78, 5) is 0. The number of hydrogen-bond donors (Lipinski definition) is 1. The average Bonchev–Trinajstić information content (AvgIpc) is 2.26. The van der Waals surface area contributed by atoms with Crippen LogP contribution < -0.4 is 10.1 Å². The van der Waals surface area contributed by atoms with E-state index < -0.39 is 0 Å². The van der Waals surface area contributed by atoms with Crippen LogP contribution in [0.1, 0.15) is 12.5 Å². The van der Waals surface area contributed by atoms with Gasteiger partial charge in [0.2, 0.25) is 0 Å². The Morgan fingerprint density at radius 1 is 1.25 bits per heavy atom. The Labute approximate surface area is 95.6 Å². The molecule has 0 aliphatic heterocycles. The molecule has 1 rings (SSSR count). The lowest BCUT2D eigenvalue weighted by atomic mass is 10.2. The van der Waals surface area contributed by atoms with Crippen molar-refractivity contribution in [3.63, 3.8) is 0 Å². The second-order valence-corrected chi connectivity index (χ2v) is 3.42. The van der Waals surface area contributed by atoms with Crippen molar-refractivity contribution >= 4 is 0 Å². The van der Waals surface area contributed by atoms with E-state index in [4.69, 9.17) is 9.47 Å². The van der Waals surface area contributed by atoms with E-state index in [1.807, 2.05) is 13.0 Å². The Hall–Kier alpha value is -1.13. The highest BCUT2D eigenvalue weighted by atomic mass is 19.1. The minimum atomic E-state index is -0.275. The molecule has 90 valence electrons. The Morgan fingerprint density at radius 3 is 2.75 bits per heavy atom. The fraction of sp³-hybridized carbons (Fsp3) is 0.500. The van der Waals surface area contributed by atoms with Gasteiger partial charge in [-0.25, -0.2) is 4.39 Å². The second kappa shape index (κ2) is 7.19. The van der Waals surface area contributed by atoms with Crippen LogP contribution in [-0.2, 0) is 11.3 Å². The summed E-state index contributed by atoms with van der Waals surface area (Å²) in [6.45, 7) is 4.44. The van der Waals surface area contributed by atoms with E-state index in [-0.39, 0.29) is 5.82 Å². The van der Waals surface area contributed by atoms with Gasteiger partial charge in [-0.1, -0.05) is 6.92 Å². The molecule has 3 nitrogen and oxygen atoms in total. The molecule has 1 aromatic carbocycles. The van der Waals surface area contributed by atoms with Gasteiger partial charge in [0.25, 0.3) is 0 Å². The van der Waals surface area contributed by atoms with E-state index in [0.717, 1.165) is 12.1 Å². The van der Waals surface area contributed by atoms with Gasteiger partial charge in [-0.15, -0.1) is 0 Å². The van der Waals surface area contributed by atoms with Crippen molar-refractivity contribution in [2.45, 2.75) is 13.5 Å². The topological polar surface area (TPSA) is 30.5 Å². The number of benzene rings is 1. The van der Waals surface area contributed by atoms with Gasteiger partial charge >= 0.3 is 0 Å². The summed E-state index contributed by atoms with van der Waals surface area (Å²) >= 11 is 0. The molecule has 0 saturated carbocycles. The molecule has 0 unspecified atom stereocenters. The zero-order valence-corrected chi connectivity index (χ0v) is 9.75. The highest BCUT2D eigenvalue weighted by Crippen LogP contribution is 2.16. The Morgan fingerprint density at radius 2 is 2.06 bits per heavy atom. The second-order valence-electron chi connectivity index (χ2n) is 3.42. The average molecular weight is 227 g/mol. The van der Waals surface area contributed by atoms with Gasteiger partial charge in [-0.05, 0) is 24.2 Å². The molecule has 1 aromatic rings. The number of methoxy groups -OCH3 is 1. The van der Waals surface area contributed by atoms with E-state index in [1.54, 1.807) is 7.11 Å². The van der Waals surface area contributed by atoms with Gasteiger partial charge in [-0.2, -0.15) is 0 Å². The van der Waals surface area contributed by atoms with E-state index in [9.17, 15) is 4.39 Å². The molecule has 0 amide bonds. The standard InChI is InChI=1S/C12H18FNO2/c1-3-14-9-10-6-11(13)8-12(7-10)16-5-4-15-2/h6-8,14H,3-5,9H2,1-2H3. The summed E-state index contributed by atoms with van der Waals surface area (Å²) in [7, 11) is 1.60. The van der Waals surface area contributed by atoms with Gasteiger partial charge in [0.1, 0.15) is 18.2 Å². The lowest BCUT2D eigenvalue weighted by Crippen LogP contribution is -2.12. The molecule has 0 radical (unpaired) electrons. The normalized spacial score (nSPS) is 10.4. The molecule has 0 aromatic heterocycles. The summed E-state index contributed by atoms with van der Waals surface area (Å²) in [5, 5.41) is 3.14. The summed E-state index contributed by atoms with van der Waals surface area (Å²) in [5.41, 5.74) is 0.884. The van der Waals surface area contributed by atoms with Crippen molar-refractivity contribution in [3.05, 3.63) is 29.6 Å². The molecule has 0 heterocycles. The highest BCUT2D eigenvalue weighted by Gasteiger charge is 2.01. The van der Waals surface area contributed by atoms with Crippen molar-refractivity contribution in [1.29, 1.82) is 0 Å². The Kier molecular flexibility index (Phi) is 5.82. The van der Waals surface area contributed by atoms with Crippen LogP contribution in [0, 0.1) is 5.82 Å². The minimum Gasteiger partial charge on any atom is -0.491 e. The van der Waals surface area contributed by atoms with Crippen LogP contribution in [0.2, 0.25) is 0 Å². The fourth-order valence-corrected chi connectivity index (χ4v) is 1.32. The van der Waals surface area contributed by atoms with E-state index >= 15 is 0 Å². The Balaban J connectivity index is 2.58. The first-order chi connectivity index (χ1) is 7.76. The summed E-state index contributed by atoms with van der Waals surface area (Å²) in [6.07, 6.45) is 0. The molecular formula is C12H18FNO2. The fourth-order valence-electron chi connectivity index (χ4n) is 1.32. The largest absolute Gasteiger partial charge is 0.491 e. The third-order valence-electron chi connectivity index (χ3n) is 2.07. The lowest BCUT2D eigenvalue weighted by molar-refractivity contribution is 0.146. The van der Waals surface area contributed by atoms with Crippen LogP contribution >= 0.6 is 0 Å². The van der Waals surface area contributed by atoms with Crippen LogP contribution in [0.5, 0.6) is 5.75 Å². The van der Waals surface area contributed by atoms with Crippen molar-refractivity contribution in [2.24, 2.45) is 0 Å². The van der Waals surface area contributed by atoms with Crippen molar-refractivity contribution < 1.29 is 13.9 Å². The van der Waals surface area contributed by atoms with Gasteiger partial charge < -0.3 is 14.8 Å². The molecule has 0 spiro atoms. The summed E-state index contributed by atoms with van der Waals surface area (Å²) < 4.78 is 23.4. The number of ether oxygens (including phenoxy) is 2. The highest BCUT2D eigenvalue weighted by molar-refractivity contribution is 5.29. The lowest BCUT2D eigenvalue weighted by Gasteiger charge is -2.08. The van der Waals surface area contributed by atoms with E-state index in [2.05, 4.69) is 5.32 Å². The predicted octanol–water partition coefficient (Wildman–Crippen LogP) is 1.96. The monoisotopic (exact) mass is 227 g/mol. The minimum absolute atomic E-state index is 0.275. The van der Waals surface area contributed by atoms with Crippen LogP contribution in [0.15, 0.2) is 18.2 Å². The SMILES string of the molecule is CCNCc1cc(F)cc(OCCOC)c1. The van der Waals surface area contributed by atoms with Crippen molar-refractivity contribution in [3.8, 4) is 5.75 Å².